The highest BCUT2D eigenvalue weighted by molar-refractivity contribution is 7.92. The van der Waals surface area contributed by atoms with Crippen LogP contribution in [0.1, 0.15) is 19.4 Å². The van der Waals surface area contributed by atoms with Crippen molar-refractivity contribution in [2.45, 2.75) is 30.4 Å². The molecule has 31 heavy (non-hydrogen) atoms. The summed E-state index contributed by atoms with van der Waals surface area (Å²) in [6, 6.07) is 19.9. The van der Waals surface area contributed by atoms with Gasteiger partial charge in [0.2, 0.25) is 11.8 Å². The van der Waals surface area contributed by atoms with Crippen LogP contribution in [0.5, 0.6) is 0 Å². The summed E-state index contributed by atoms with van der Waals surface area (Å²) >= 11 is 0. The van der Waals surface area contributed by atoms with Crippen molar-refractivity contribution < 1.29 is 17.6 Å². The second kappa shape index (κ2) is 8.31. The van der Waals surface area contributed by atoms with Crippen LogP contribution in [0.15, 0.2) is 76.0 Å². The molecule has 0 atom stereocenters. The van der Waals surface area contributed by atoms with E-state index in [1.807, 2.05) is 42.5 Å². The molecule has 0 radical (unpaired) electrons. The molecule has 8 heteroatoms. The van der Waals surface area contributed by atoms with Crippen molar-refractivity contribution in [2.24, 2.45) is 0 Å². The van der Waals surface area contributed by atoms with Crippen LogP contribution in [-0.4, -0.2) is 29.8 Å². The normalized spacial score (nSPS) is 11.7. The van der Waals surface area contributed by atoms with Crippen LogP contribution in [0.3, 0.4) is 0 Å². The summed E-state index contributed by atoms with van der Waals surface area (Å²) in [6.45, 7) is 3.27. The zero-order chi connectivity index (χ0) is 22.0. The van der Waals surface area contributed by atoms with Gasteiger partial charge in [0.1, 0.15) is 0 Å². The van der Waals surface area contributed by atoms with Gasteiger partial charge < -0.3 is 4.42 Å². The van der Waals surface area contributed by atoms with Gasteiger partial charge in [-0.2, -0.15) is 0 Å². The number of hydrogen-bond donors (Lipinski definition) is 1. The lowest BCUT2D eigenvalue weighted by molar-refractivity contribution is -0.115. The minimum Gasteiger partial charge on any atom is -0.403 e. The molecule has 0 unspecified atom stereocenters. The highest BCUT2D eigenvalue weighted by Gasteiger charge is 2.19. The zero-order valence-corrected chi connectivity index (χ0v) is 17.9. The molecule has 0 bridgehead atoms. The number of hydrogen-bond acceptors (Lipinski definition) is 6. The first-order valence-corrected chi connectivity index (χ1v) is 11.3. The third-order valence-electron chi connectivity index (χ3n) is 4.95. The maximum atomic E-state index is 12.5. The molecule has 0 spiro atoms. The van der Waals surface area contributed by atoms with Crippen LogP contribution in [0.25, 0.3) is 22.2 Å². The number of sulfone groups is 1. The van der Waals surface area contributed by atoms with Gasteiger partial charge in [-0.1, -0.05) is 47.6 Å². The molecule has 7 nitrogen and oxygen atoms in total. The molecule has 0 aliphatic heterocycles. The average molecular weight is 436 g/mol. The Balaban J connectivity index is 1.47. The maximum absolute atomic E-state index is 12.5. The molecule has 1 aromatic heterocycles. The van der Waals surface area contributed by atoms with E-state index in [-0.39, 0.29) is 29.1 Å². The van der Waals surface area contributed by atoms with Gasteiger partial charge in [-0.25, -0.2) is 8.42 Å². The number of carbonyl (C=O) groups excluding carboxylic acids is 1. The minimum atomic E-state index is -3.36. The molecular weight excluding hydrogens is 414 g/mol. The van der Waals surface area contributed by atoms with Crippen LogP contribution in [-0.2, 0) is 21.1 Å². The Morgan fingerprint density at radius 1 is 0.968 bits per heavy atom. The monoisotopic (exact) mass is 435 g/mol. The molecule has 0 aliphatic rings. The smallest absolute Gasteiger partial charge is 0.322 e. The molecule has 0 saturated carbocycles. The van der Waals surface area contributed by atoms with Crippen molar-refractivity contribution >= 4 is 32.5 Å². The van der Waals surface area contributed by atoms with Gasteiger partial charge >= 0.3 is 6.01 Å². The SMILES string of the molecule is CC(C)S(=O)(=O)c1ccc(-c2nnc(NC(=O)Cc3cccc4ccccc34)o2)cc1. The number of aromatic nitrogens is 2. The molecule has 1 N–H and O–H groups in total. The van der Waals surface area contributed by atoms with E-state index < -0.39 is 15.1 Å². The number of carbonyl (C=O) groups is 1. The fourth-order valence-corrected chi connectivity index (χ4v) is 4.29. The Hall–Kier alpha value is -3.52. The van der Waals surface area contributed by atoms with Crippen molar-refractivity contribution in [3.8, 4) is 11.5 Å². The van der Waals surface area contributed by atoms with E-state index in [2.05, 4.69) is 15.5 Å². The molecule has 3 aromatic carbocycles. The van der Waals surface area contributed by atoms with Crippen molar-refractivity contribution in [3.63, 3.8) is 0 Å². The third-order valence-corrected chi connectivity index (χ3v) is 7.12. The summed E-state index contributed by atoms with van der Waals surface area (Å²) in [4.78, 5) is 12.7. The van der Waals surface area contributed by atoms with Gasteiger partial charge in [0.25, 0.3) is 0 Å². The number of anilines is 1. The predicted octanol–water partition coefficient (Wildman–Crippen LogP) is 4.25. The van der Waals surface area contributed by atoms with Crippen molar-refractivity contribution in [1.29, 1.82) is 0 Å². The van der Waals surface area contributed by atoms with Crippen LogP contribution >= 0.6 is 0 Å². The highest BCUT2D eigenvalue weighted by Crippen LogP contribution is 2.24. The van der Waals surface area contributed by atoms with E-state index in [1.54, 1.807) is 26.0 Å². The summed E-state index contributed by atoms with van der Waals surface area (Å²) in [6.07, 6.45) is 0.167. The van der Waals surface area contributed by atoms with E-state index in [4.69, 9.17) is 4.42 Å². The van der Waals surface area contributed by atoms with Crippen molar-refractivity contribution in [2.75, 3.05) is 5.32 Å². The zero-order valence-electron chi connectivity index (χ0n) is 17.1. The Kier molecular flexibility index (Phi) is 5.56. The van der Waals surface area contributed by atoms with Crippen LogP contribution < -0.4 is 5.32 Å². The Morgan fingerprint density at radius 2 is 1.68 bits per heavy atom. The van der Waals surface area contributed by atoms with Gasteiger partial charge in [0, 0.05) is 5.56 Å². The van der Waals surface area contributed by atoms with Gasteiger partial charge in [-0.15, -0.1) is 5.10 Å². The summed E-state index contributed by atoms with van der Waals surface area (Å²) < 4.78 is 30.0. The summed E-state index contributed by atoms with van der Waals surface area (Å²) in [5.74, 6) is -0.0844. The predicted molar refractivity (Wildman–Crippen MR) is 118 cm³/mol. The molecule has 1 amide bonds. The van der Waals surface area contributed by atoms with Gasteiger partial charge in [-0.05, 0) is 54.4 Å². The fourth-order valence-electron chi connectivity index (χ4n) is 3.23. The molecule has 0 saturated heterocycles. The highest BCUT2D eigenvalue weighted by atomic mass is 32.2. The fraction of sp³-hybridized carbons (Fsp3) is 0.174. The number of nitrogens with zero attached hydrogens (tertiary/aromatic N) is 2. The number of nitrogens with one attached hydrogen (secondary N) is 1. The van der Waals surface area contributed by atoms with Crippen LogP contribution in [0.2, 0.25) is 0 Å². The second-order valence-corrected chi connectivity index (χ2v) is 9.90. The Morgan fingerprint density at radius 3 is 2.42 bits per heavy atom. The first-order chi connectivity index (χ1) is 14.8. The van der Waals surface area contributed by atoms with E-state index in [0.29, 0.717) is 5.56 Å². The number of benzene rings is 3. The van der Waals surface area contributed by atoms with E-state index in [0.717, 1.165) is 16.3 Å². The van der Waals surface area contributed by atoms with Crippen LogP contribution in [0.4, 0.5) is 6.01 Å². The lowest BCUT2D eigenvalue weighted by Crippen LogP contribution is -2.14. The lowest BCUT2D eigenvalue weighted by Gasteiger charge is -2.07. The third kappa shape index (κ3) is 4.34. The molecule has 0 fully saturated rings. The van der Waals surface area contributed by atoms with Gasteiger partial charge in [0.15, 0.2) is 9.84 Å². The molecule has 4 aromatic rings. The quantitative estimate of drug-likeness (QED) is 0.486. The minimum absolute atomic E-state index is 0.0147. The van der Waals surface area contributed by atoms with Crippen molar-refractivity contribution in [1.82, 2.24) is 10.2 Å². The molecule has 158 valence electrons. The van der Waals surface area contributed by atoms with Gasteiger partial charge in [0.05, 0.1) is 16.6 Å². The second-order valence-electron chi connectivity index (χ2n) is 7.39. The number of amides is 1. The maximum Gasteiger partial charge on any atom is 0.322 e. The first-order valence-electron chi connectivity index (χ1n) is 9.79. The topological polar surface area (TPSA) is 102 Å². The molecule has 1 heterocycles. The number of fused-ring (bicyclic) bond motifs is 1. The molecule has 0 aliphatic carbocycles. The lowest BCUT2D eigenvalue weighted by atomic mass is 10.0. The summed E-state index contributed by atoms with van der Waals surface area (Å²) in [7, 11) is -3.36. The summed E-state index contributed by atoms with van der Waals surface area (Å²) in [5, 5.41) is 12.0. The largest absolute Gasteiger partial charge is 0.403 e. The van der Waals surface area contributed by atoms with Crippen LogP contribution in [0, 0.1) is 0 Å². The van der Waals surface area contributed by atoms with E-state index >= 15 is 0 Å². The van der Waals surface area contributed by atoms with Gasteiger partial charge in [-0.3, -0.25) is 10.1 Å². The molecular formula is C23H21N3O4S. The Labute approximate surface area is 180 Å². The molecule has 4 rings (SSSR count). The van der Waals surface area contributed by atoms with Crippen molar-refractivity contribution in [3.05, 3.63) is 72.3 Å². The first kappa shape index (κ1) is 20.7. The van der Waals surface area contributed by atoms with E-state index in [9.17, 15) is 13.2 Å². The number of rotatable bonds is 6. The standard InChI is InChI=1S/C23H21N3O4S/c1-15(2)31(28,29)19-12-10-17(11-13-19)22-25-26-23(30-22)24-21(27)14-18-8-5-7-16-6-3-4-9-20(16)18/h3-13,15H,14H2,1-2H3,(H,24,26,27). The summed E-state index contributed by atoms with van der Waals surface area (Å²) in [5.41, 5.74) is 1.46. The van der Waals surface area contributed by atoms with E-state index in [1.165, 1.54) is 12.1 Å². The Bertz CT molecular complexity index is 1340. The average Bonchev–Trinajstić information content (AvgIpc) is 3.22.